The van der Waals surface area contributed by atoms with Crippen LogP contribution in [0.15, 0.2) is 36.4 Å². The molecule has 0 aliphatic rings. The molecular formula is C24H28O7. The highest BCUT2D eigenvalue weighted by Crippen LogP contribution is 2.33. The largest absolute Gasteiger partial charge is 0.507 e. The number of hydrogen-bond acceptors (Lipinski definition) is 7. The van der Waals surface area contributed by atoms with Gasteiger partial charge in [-0.2, -0.15) is 0 Å². The number of phenols is 1. The molecular weight excluding hydrogens is 400 g/mol. The van der Waals surface area contributed by atoms with Crippen molar-refractivity contribution in [3.8, 4) is 17.2 Å². The monoisotopic (exact) mass is 428 g/mol. The summed E-state index contributed by atoms with van der Waals surface area (Å²) < 4.78 is 16.2. The molecule has 0 atom stereocenters. The minimum atomic E-state index is -0.894. The third-order valence-corrected chi connectivity index (χ3v) is 4.49. The highest BCUT2D eigenvalue weighted by molar-refractivity contribution is 6.40. The van der Waals surface area contributed by atoms with E-state index < -0.39 is 11.8 Å². The number of phenolic OH excluding ortho intramolecular Hbond substituents is 1. The predicted molar refractivity (Wildman–Crippen MR) is 115 cm³/mol. The average molecular weight is 428 g/mol. The lowest BCUT2D eigenvalue weighted by Gasteiger charge is -2.15. The maximum absolute atomic E-state index is 12.0. The number of benzene rings is 2. The molecule has 166 valence electrons. The number of rotatable bonds is 12. The van der Waals surface area contributed by atoms with Crippen LogP contribution in [0.2, 0.25) is 0 Å². The molecule has 31 heavy (non-hydrogen) atoms. The van der Waals surface area contributed by atoms with E-state index in [0.717, 1.165) is 6.42 Å². The molecule has 0 aromatic heterocycles. The summed E-state index contributed by atoms with van der Waals surface area (Å²) >= 11 is 0. The molecule has 1 N–H and O–H groups in total. The Kier molecular flexibility index (Phi) is 9.06. The number of carbonyl (C=O) groups is 3. The maximum Gasteiger partial charge on any atom is 0.379 e. The number of Topliss-reactive ketones (excluding diaryl/α,β-unsaturated/α-hetero) is 2. The van der Waals surface area contributed by atoms with Crippen LogP contribution < -0.4 is 9.47 Å². The SMILES string of the molecule is CCCc1c(OCCCOc2cccc(C(=O)C(=O)OCC)c2)ccc(C(C)=O)c1O. The maximum atomic E-state index is 12.0. The van der Waals surface area contributed by atoms with Crippen molar-refractivity contribution in [1.82, 2.24) is 0 Å². The minimum absolute atomic E-state index is 0.0221. The van der Waals surface area contributed by atoms with Crippen LogP contribution in [-0.4, -0.2) is 42.5 Å². The molecule has 0 heterocycles. The van der Waals surface area contributed by atoms with Gasteiger partial charge in [0, 0.05) is 17.5 Å². The van der Waals surface area contributed by atoms with Gasteiger partial charge in [0.1, 0.15) is 17.2 Å². The quantitative estimate of drug-likeness (QED) is 0.235. The molecule has 0 fully saturated rings. The second kappa shape index (κ2) is 11.7. The Bertz CT molecular complexity index is 934. The van der Waals surface area contributed by atoms with Crippen LogP contribution in [-0.2, 0) is 16.0 Å². The molecule has 0 spiro atoms. The highest BCUT2D eigenvalue weighted by Gasteiger charge is 2.18. The summed E-state index contributed by atoms with van der Waals surface area (Å²) in [6.07, 6.45) is 1.95. The first-order valence-corrected chi connectivity index (χ1v) is 10.3. The van der Waals surface area contributed by atoms with Crippen molar-refractivity contribution in [1.29, 1.82) is 0 Å². The Labute approximate surface area is 181 Å². The lowest BCUT2D eigenvalue weighted by atomic mass is 10.0. The molecule has 0 aliphatic heterocycles. The summed E-state index contributed by atoms with van der Waals surface area (Å²) in [7, 11) is 0. The fraction of sp³-hybridized carbons (Fsp3) is 0.375. The van der Waals surface area contributed by atoms with E-state index in [4.69, 9.17) is 14.2 Å². The second-order valence-electron chi connectivity index (χ2n) is 6.87. The lowest BCUT2D eigenvalue weighted by molar-refractivity contribution is -0.137. The van der Waals surface area contributed by atoms with Gasteiger partial charge in [-0.25, -0.2) is 4.79 Å². The molecule has 0 aliphatic carbocycles. The molecule has 0 unspecified atom stereocenters. The van der Waals surface area contributed by atoms with Gasteiger partial charge in [-0.1, -0.05) is 25.5 Å². The summed E-state index contributed by atoms with van der Waals surface area (Å²) in [5, 5.41) is 10.4. The third-order valence-electron chi connectivity index (χ3n) is 4.49. The normalized spacial score (nSPS) is 10.4. The number of ketones is 2. The number of ether oxygens (including phenoxy) is 3. The number of esters is 1. The van der Waals surface area contributed by atoms with Crippen LogP contribution in [0, 0.1) is 0 Å². The molecule has 7 nitrogen and oxygen atoms in total. The topological polar surface area (TPSA) is 99.1 Å². The van der Waals surface area contributed by atoms with Crippen molar-refractivity contribution >= 4 is 17.5 Å². The average Bonchev–Trinajstić information content (AvgIpc) is 2.75. The van der Waals surface area contributed by atoms with E-state index in [1.807, 2.05) is 6.92 Å². The second-order valence-corrected chi connectivity index (χ2v) is 6.87. The van der Waals surface area contributed by atoms with E-state index in [2.05, 4.69) is 0 Å². The van der Waals surface area contributed by atoms with Crippen LogP contribution in [0.4, 0.5) is 0 Å². The minimum Gasteiger partial charge on any atom is -0.507 e. The van der Waals surface area contributed by atoms with Crippen molar-refractivity contribution in [3.05, 3.63) is 53.1 Å². The zero-order valence-electron chi connectivity index (χ0n) is 18.1. The van der Waals surface area contributed by atoms with Crippen molar-refractivity contribution < 1.29 is 33.7 Å². The Balaban J connectivity index is 1.91. The zero-order chi connectivity index (χ0) is 22.8. The van der Waals surface area contributed by atoms with Gasteiger partial charge in [0.2, 0.25) is 0 Å². The summed E-state index contributed by atoms with van der Waals surface area (Å²) in [6, 6.07) is 9.62. The smallest absolute Gasteiger partial charge is 0.379 e. The first-order chi connectivity index (χ1) is 14.9. The molecule has 2 aromatic carbocycles. The molecule has 2 aromatic rings. The van der Waals surface area contributed by atoms with Crippen LogP contribution in [0.1, 0.15) is 59.9 Å². The van der Waals surface area contributed by atoms with E-state index in [0.29, 0.717) is 43.1 Å². The van der Waals surface area contributed by atoms with Crippen LogP contribution in [0.3, 0.4) is 0 Å². The van der Waals surface area contributed by atoms with Gasteiger partial charge < -0.3 is 19.3 Å². The molecule has 0 bridgehead atoms. The first-order valence-electron chi connectivity index (χ1n) is 10.3. The number of hydrogen-bond donors (Lipinski definition) is 1. The highest BCUT2D eigenvalue weighted by atomic mass is 16.5. The first kappa shape index (κ1) is 23.9. The van der Waals surface area contributed by atoms with Crippen LogP contribution >= 0.6 is 0 Å². The van der Waals surface area contributed by atoms with E-state index in [-0.39, 0.29) is 29.3 Å². The summed E-state index contributed by atoms with van der Waals surface area (Å²) in [5.74, 6) is -0.816. The van der Waals surface area contributed by atoms with E-state index in [1.54, 1.807) is 31.2 Å². The van der Waals surface area contributed by atoms with Gasteiger partial charge in [-0.05, 0) is 44.5 Å². The third kappa shape index (κ3) is 6.57. The van der Waals surface area contributed by atoms with Gasteiger partial charge >= 0.3 is 5.97 Å². The standard InChI is InChI=1S/C24H28O7/c1-4-8-20-21(12-11-19(16(3)25)23(20)27)31-14-7-13-30-18-10-6-9-17(15-18)22(26)24(28)29-5-2/h6,9-12,15,27H,4-5,7-8,13-14H2,1-3H3. The summed E-state index contributed by atoms with van der Waals surface area (Å²) in [4.78, 5) is 35.2. The predicted octanol–water partition coefficient (Wildman–Crippen LogP) is 4.14. The Morgan fingerprint density at radius 1 is 1.00 bits per heavy atom. The van der Waals surface area contributed by atoms with E-state index in [9.17, 15) is 19.5 Å². The van der Waals surface area contributed by atoms with Gasteiger partial charge in [0.05, 0.1) is 25.4 Å². The summed E-state index contributed by atoms with van der Waals surface area (Å²) in [5.41, 5.74) is 1.12. The van der Waals surface area contributed by atoms with Crippen molar-refractivity contribution in [2.24, 2.45) is 0 Å². The molecule has 0 saturated heterocycles. The lowest BCUT2D eigenvalue weighted by Crippen LogP contribution is -2.17. The molecule has 0 amide bonds. The Morgan fingerprint density at radius 3 is 2.42 bits per heavy atom. The molecule has 0 saturated carbocycles. The van der Waals surface area contributed by atoms with E-state index >= 15 is 0 Å². The number of carbonyl (C=O) groups excluding carboxylic acids is 3. The molecule has 7 heteroatoms. The molecule has 0 radical (unpaired) electrons. The Hall–Kier alpha value is -3.35. The van der Waals surface area contributed by atoms with Gasteiger partial charge in [-0.15, -0.1) is 0 Å². The van der Waals surface area contributed by atoms with Crippen LogP contribution in [0.25, 0.3) is 0 Å². The van der Waals surface area contributed by atoms with Crippen molar-refractivity contribution in [2.75, 3.05) is 19.8 Å². The zero-order valence-corrected chi connectivity index (χ0v) is 18.1. The fourth-order valence-corrected chi connectivity index (χ4v) is 3.00. The Morgan fingerprint density at radius 2 is 1.74 bits per heavy atom. The molecule has 2 rings (SSSR count). The number of aromatic hydroxyl groups is 1. The van der Waals surface area contributed by atoms with Crippen molar-refractivity contribution in [3.63, 3.8) is 0 Å². The van der Waals surface area contributed by atoms with Gasteiger partial charge in [-0.3, -0.25) is 9.59 Å². The van der Waals surface area contributed by atoms with Crippen LogP contribution in [0.5, 0.6) is 17.2 Å². The van der Waals surface area contributed by atoms with Crippen molar-refractivity contribution in [2.45, 2.75) is 40.0 Å². The van der Waals surface area contributed by atoms with E-state index in [1.165, 1.54) is 19.1 Å². The summed E-state index contributed by atoms with van der Waals surface area (Å²) in [6.45, 7) is 5.85. The van der Waals surface area contributed by atoms with Gasteiger partial charge in [0.25, 0.3) is 5.78 Å². The van der Waals surface area contributed by atoms with Gasteiger partial charge in [0.15, 0.2) is 5.78 Å². The fourth-order valence-electron chi connectivity index (χ4n) is 3.00.